The number of fused-ring (bicyclic) bond motifs is 1. The molecule has 1 saturated heterocycles. The number of anilines is 2. The van der Waals surface area contributed by atoms with E-state index in [9.17, 15) is 18.4 Å². The summed E-state index contributed by atoms with van der Waals surface area (Å²) in [5.74, 6) is -0.841. The van der Waals surface area contributed by atoms with Crippen molar-refractivity contribution in [1.82, 2.24) is 9.80 Å². The van der Waals surface area contributed by atoms with E-state index in [4.69, 9.17) is 0 Å². The summed E-state index contributed by atoms with van der Waals surface area (Å²) in [4.78, 5) is 29.8. The van der Waals surface area contributed by atoms with Gasteiger partial charge in [0.25, 0.3) is 0 Å². The summed E-state index contributed by atoms with van der Waals surface area (Å²) < 4.78 is 27.4. The van der Waals surface area contributed by atoms with Crippen LogP contribution in [0, 0.1) is 11.6 Å². The minimum absolute atomic E-state index is 0.0819. The third-order valence-electron chi connectivity index (χ3n) is 5.11. The molecule has 8 heteroatoms. The zero-order valence-corrected chi connectivity index (χ0v) is 15.2. The highest BCUT2D eigenvalue weighted by atomic mass is 19.1. The Hall–Kier alpha value is -3.16. The van der Waals surface area contributed by atoms with Gasteiger partial charge in [0, 0.05) is 31.9 Å². The smallest absolute Gasteiger partial charge is 0.322 e. The van der Waals surface area contributed by atoms with E-state index in [-0.39, 0.29) is 36.7 Å². The van der Waals surface area contributed by atoms with Gasteiger partial charge in [0.15, 0.2) is 0 Å². The van der Waals surface area contributed by atoms with Crippen molar-refractivity contribution in [3.8, 4) is 0 Å². The Morgan fingerprint density at radius 1 is 1.04 bits per heavy atom. The Labute approximate surface area is 161 Å². The zero-order valence-electron chi connectivity index (χ0n) is 15.2. The number of benzene rings is 2. The Kier molecular flexibility index (Phi) is 4.85. The van der Waals surface area contributed by atoms with Crippen LogP contribution in [0.3, 0.4) is 0 Å². The second kappa shape index (κ2) is 7.46. The number of carbonyl (C=O) groups is 2. The number of hydrogen-bond donors (Lipinski definition) is 1. The highest BCUT2D eigenvalue weighted by Gasteiger charge is 2.28. The average molecular weight is 386 g/mol. The van der Waals surface area contributed by atoms with Crippen LogP contribution in [0.4, 0.5) is 25.0 Å². The van der Waals surface area contributed by atoms with E-state index >= 15 is 0 Å². The maximum atomic E-state index is 13.9. The highest BCUT2D eigenvalue weighted by molar-refractivity contribution is 5.94. The van der Waals surface area contributed by atoms with Crippen LogP contribution < -0.4 is 10.2 Å². The Morgan fingerprint density at radius 3 is 2.54 bits per heavy atom. The normalized spacial score (nSPS) is 16.6. The van der Waals surface area contributed by atoms with Crippen LogP contribution in [-0.4, -0.2) is 54.5 Å². The lowest BCUT2D eigenvalue weighted by molar-refractivity contribution is -0.132. The standard InChI is InChI=1S/C20H20F2N4O2/c21-15-5-6-17-14(11-15)12-26(20(28)23-17)13-19(27)25-9-7-24(8-10-25)18-4-2-1-3-16(18)22/h1-6,11H,7-10,12-13H2,(H,23,28). The first-order valence-corrected chi connectivity index (χ1v) is 9.13. The van der Waals surface area contributed by atoms with Gasteiger partial charge in [-0.25, -0.2) is 13.6 Å². The summed E-state index contributed by atoms with van der Waals surface area (Å²) in [6, 6.07) is 10.4. The van der Waals surface area contributed by atoms with E-state index in [1.54, 1.807) is 23.1 Å². The summed E-state index contributed by atoms with van der Waals surface area (Å²) in [7, 11) is 0. The van der Waals surface area contributed by atoms with E-state index in [2.05, 4.69) is 5.32 Å². The average Bonchev–Trinajstić information content (AvgIpc) is 2.69. The molecule has 1 N–H and O–H groups in total. The fourth-order valence-corrected chi connectivity index (χ4v) is 3.58. The zero-order chi connectivity index (χ0) is 19.7. The molecule has 2 aliphatic heterocycles. The Balaban J connectivity index is 1.36. The SMILES string of the molecule is O=C(CN1Cc2cc(F)ccc2NC1=O)N1CCN(c2ccccc2F)CC1. The molecule has 0 spiro atoms. The van der Waals surface area contributed by atoms with Gasteiger partial charge >= 0.3 is 6.03 Å². The van der Waals surface area contributed by atoms with Gasteiger partial charge in [0.05, 0.1) is 12.2 Å². The van der Waals surface area contributed by atoms with Gasteiger partial charge in [0.1, 0.15) is 18.2 Å². The largest absolute Gasteiger partial charge is 0.366 e. The molecule has 0 aromatic heterocycles. The van der Waals surface area contributed by atoms with Crippen molar-refractivity contribution in [2.45, 2.75) is 6.54 Å². The topological polar surface area (TPSA) is 55.9 Å². The van der Waals surface area contributed by atoms with E-state index in [1.807, 2.05) is 4.90 Å². The molecular formula is C20H20F2N4O2. The van der Waals surface area contributed by atoms with Crippen molar-refractivity contribution >= 4 is 23.3 Å². The van der Waals surface area contributed by atoms with Gasteiger partial charge in [-0.3, -0.25) is 4.79 Å². The number of urea groups is 1. The monoisotopic (exact) mass is 386 g/mol. The highest BCUT2D eigenvalue weighted by Crippen LogP contribution is 2.24. The Bertz CT molecular complexity index is 913. The number of amides is 3. The predicted molar refractivity (Wildman–Crippen MR) is 101 cm³/mol. The molecule has 0 unspecified atom stereocenters. The quantitative estimate of drug-likeness (QED) is 0.883. The molecule has 2 aromatic rings. The third-order valence-corrected chi connectivity index (χ3v) is 5.11. The summed E-state index contributed by atoms with van der Waals surface area (Å²) >= 11 is 0. The maximum absolute atomic E-state index is 13.9. The van der Waals surface area contributed by atoms with Crippen LogP contribution in [0.2, 0.25) is 0 Å². The second-order valence-electron chi connectivity index (χ2n) is 6.91. The number of rotatable bonds is 3. The lowest BCUT2D eigenvalue weighted by Gasteiger charge is -2.37. The number of nitrogens with zero attached hydrogens (tertiary/aromatic N) is 3. The minimum Gasteiger partial charge on any atom is -0.366 e. The fourth-order valence-electron chi connectivity index (χ4n) is 3.58. The molecule has 6 nitrogen and oxygen atoms in total. The van der Waals surface area contributed by atoms with Gasteiger partial charge in [-0.2, -0.15) is 0 Å². The molecule has 0 radical (unpaired) electrons. The summed E-state index contributed by atoms with van der Waals surface area (Å²) in [6.45, 7) is 2.04. The van der Waals surface area contributed by atoms with Crippen molar-refractivity contribution < 1.29 is 18.4 Å². The van der Waals surface area contributed by atoms with Crippen molar-refractivity contribution in [2.24, 2.45) is 0 Å². The molecule has 0 atom stereocenters. The first-order valence-electron chi connectivity index (χ1n) is 9.13. The molecule has 3 amide bonds. The van der Waals surface area contributed by atoms with Crippen LogP contribution in [0.5, 0.6) is 0 Å². The first-order chi connectivity index (χ1) is 13.5. The number of carbonyl (C=O) groups excluding carboxylic acids is 2. The molecule has 4 rings (SSSR count). The molecule has 2 heterocycles. The van der Waals surface area contributed by atoms with Crippen molar-refractivity contribution in [3.05, 3.63) is 59.7 Å². The molecule has 0 aliphatic carbocycles. The van der Waals surface area contributed by atoms with Crippen molar-refractivity contribution in [3.63, 3.8) is 0 Å². The van der Waals surface area contributed by atoms with Crippen LogP contribution in [0.1, 0.15) is 5.56 Å². The number of hydrogen-bond acceptors (Lipinski definition) is 3. The Morgan fingerprint density at radius 2 is 1.79 bits per heavy atom. The van der Waals surface area contributed by atoms with Crippen molar-refractivity contribution in [2.75, 3.05) is 42.9 Å². The molecule has 28 heavy (non-hydrogen) atoms. The van der Waals surface area contributed by atoms with E-state index in [0.29, 0.717) is 43.1 Å². The third kappa shape index (κ3) is 3.62. The lowest BCUT2D eigenvalue weighted by Crippen LogP contribution is -2.52. The van der Waals surface area contributed by atoms with Gasteiger partial charge in [0.2, 0.25) is 5.91 Å². The van der Waals surface area contributed by atoms with Crippen LogP contribution in [-0.2, 0) is 11.3 Å². The van der Waals surface area contributed by atoms with Gasteiger partial charge in [-0.15, -0.1) is 0 Å². The van der Waals surface area contributed by atoms with Crippen LogP contribution in [0.15, 0.2) is 42.5 Å². The molecule has 2 aromatic carbocycles. The first kappa shape index (κ1) is 18.2. The van der Waals surface area contributed by atoms with Crippen LogP contribution in [0.25, 0.3) is 0 Å². The summed E-state index contributed by atoms with van der Waals surface area (Å²) in [5, 5.41) is 2.68. The van der Waals surface area contributed by atoms with Gasteiger partial charge in [-0.05, 0) is 35.9 Å². The fraction of sp³-hybridized carbons (Fsp3) is 0.300. The molecule has 0 saturated carbocycles. The van der Waals surface area contributed by atoms with Gasteiger partial charge < -0.3 is 20.0 Å². The molecule has 146 valence electrons. The second-order valence-corrected chi connectivity index (χ2v) is 6.91. The molecule has 2 aliphatic rings. The molecular weight excluding hydrogens is 366 g/mol. The summed E-state index contributed by atoms with van der Waals surface area (Å²) in [6.07, 6.45) is 0. The van der Waals surface area contributed by atoms with E-state index in [0.717, 1.165) is 0 Å². The number of halogens is 2. The van der Waals surface area contributed by atoms with E-state index in [1.165, 1.54) is 29.2 Å². The van der Waals surface area contributed by atoms with Crippen molar-refractivity contribution in [1.29, 1.82) is 0 Å². The number of nitrogens with one attached hydrogen (secondary N) is 1. The van der Waals surface area contributed by atoms with E-state index < -0.39 is 0 Å². The minimum atomic E-state index is -0.384. The maximum Gasteiger partial charge on any atom is 0.322 e. The number of para-hydroxylation sites is 1. The predicted octanol–water partition coefficient (Wildman–Crippen LogP) is 2.66. The molecule has 0 bridgehead atoms. The summed E-state index contributed by atoms with van der Waals surface area (Å²) in [5.41, 5.74) is 1.73. The molecule has 1 fully saturated rings. The van der Waals surface area contributed by atoms with Crippen LogP contribution >= 0.6 is 0 Å². The lowest BCUT2D eigenvalue weighted by atomic mass is 10.1. The van der Waals surface area contributed by atoms with Gasteiger partial charge in [-0.1, -0.05) is 12.1 Å². The number of piperazine rings is 1.